The van der Waals surface area contributed by atoms with E-state index in [0.717, 1.165) is 17.4 Å². The van der Waals surface area contributed by atoms with Crippen LogP contribution in [0.15, 0.2) is 18.2 Å². The van der Waals surface area contributed by atoms with Gasteiger partial charge >= 0.3 is 0 Å². The highest BCUT2D eigenvalue weighted by atomic mass is 16.1. The third-order valence-corrected chi connectivity index (χ3v) is 1.92. The predicted molar refractivity (Wildman–Crippen MR) is 50.3 cm³/mol. The Balaban J connectivity index is 2.94. The van der Waals surface area contributed by atoms with E-state index in [9.17, 15) is 4.79 Å². The first-order valence-corrected chi connectivity index (χ1v) is 4.21. The molecule has 0 spiro atoms. The maximum absolute atomic E-state index is 10.2. The molecule has 0 aliphatic heterocycles. The molecule has 0 amide bonds. The summed E-state index contributed by atoms with van der Waals surface area (Å²) >= 11 is 0. The zero-order valence-corrected chi connectivity index (χ0v) is 7.58. The van der Waals surface area contributed by atoms with Gasteiger partial charge in [-0.15, -0.1) is 0 Å². The summed E-state index contributed by atoms with van der Waals surface area (Å²) < 4.78 is 0. The van der Waals surface area contributed by atoms with E-state index in [4.69, 9.17) is 5.26 Å². The molecule has 0 saturated heterocycles. The summed E-state index contributed by atoms with van der Waals surface area (Å²) in [5.41, 5.74) is 2.72. The van der Waals surface area contributed by atoms with Crippen molar-refractivity contribution in [2.24, 2.45) is 0 Å². The summed E-state index contributed by atoms with van der Waals surface area (Å²) in [6.07, 6.45) is 2.02. The van der Waals surface area contributed by atoms with Crippen molar-refractivity contribution in [3.8, 4) is 6.07 Å². The Morgan fingerprint density at radius 2 is 2.31 bits per heavy atom. The maximum Gasteiger partial charge on any atom is 0.120 e. The zero-order chi connectivity index (χ0) is 9.68. The van der Waals surface area contributed by atoms with E-state index >= 15 is 0 Å². The second-order valence-electron chi connectivity index (χ2n) is 2.98. The lowest BCUT2D eigenvalue weighted by Crippen LogP contribution is -1.91. The number of nitriles is 1. The number of rotatable bonds is 3. The molecule has 1 aromatic rings. The first-order chi connectivity index (χ1) is 6.27. The van der Waals surface area contributed by atoms with Crippen LogP contribution in [0, 0.1) is 18.3 Å². The van der Waals surface area contributed by atoms with Crippen molar-refractivity contribution in [2.75, 3.05) is 0 Å². The average molecular weight is 173 g/mol. The molecule has 1 aromatic carbocycles. The lowest BCUT2D eigenvalue weighted by Gasteiger charge is -2.01. The SMILES string of the molecule is Cc1ccc(CCC=O)c(C#N)c1. The van der Waals surface area contributed by atoms with Crippen LogP contribution >= 0.6 is 0 Å². The number of nitrogens with zero attached hydrogens (tertiary/aromatic N) is 1. The van der Waals surface area contributed by atoms with E-state index in [1.165, 1.54) is 0 Å². The highest BCUT2D eigenvalue weighted by Gasteiger charge is 2.00. The van der Waals surface area contributed by atoms with Gasteiger partial charge in [0.1, 0.15) is 6.29 Å². The average Bonchev–Trinajstić information content (AvgIpc) is 2.16. The second kappa shape index (κ2) is 4.42. The minimum absolute atomic E-state index is 0.484. The lowest BCUT2D eigenvalue weighted by molar-refractivity contribution is -0.107. The van der Waals surface area contributed by atoms with E-state index in [-0.39, 0.29) is 0 Å². The molecule has 13 heavy (non-hydrogen) atoms. The molecule has 0 saturated carbocycles. The Morgan fingerprint density at radius 1 is 1.54 bits per heavy atom. The van der Waals surface area contributed by atoms with Crippen molar-refractivity contribution in [3.05, 3.63) is 34.9 Å². The van der Waals surface area contributed by atoms with Crippen molar-refractivity contribution < 1.29 is 4.79 Å². The molecule has 0 aliphatic carbocycles. The highest BCUT2D eigenvalue weighted by Crippen LogP contribution is 2.11. The van der Waals surface area contributed by atoms with Gasteiger partial charge in [-0.05, 0) is 30.5 Å². The van der Waals surface area contributed by atoms with E-state index in [0.29, 0.717) is 18.4 Å². The Kier molecular flexibility index (Phi) is 3.22. The fourth-order valence-corrected chi connectivity index (χ4v) is 1.23. The number of hydrogen-bond acceptors (Lipinski definition) is 2. The molecule has 1 rings (SSSR count). The topological polar surface area (TPSA) is 40.9 Å². The minimum atomic E-state index is 0.484. The number of carbonyl (C=O) groups is 1. The van der Waals surface area contributed by atoms with Crippen LogP contribution in [0.25, 0.3) is 0 Å². The summed E-state index contributed by atoms with van der Waals surface area (Å²) in [6, 6.07) is 7.85. The first kappa shape index (κ1) is 9.47. The molecule has 66 valence electrons. The van der Waals surface area contributed by atoms with Gasteiger partial charge in [-0.3, -0.25) is 0 Å². The van der Waals surface area contributed by atoms with Crippen LogP contribution in [0.3, 0.4) is 0 Å². The smallest absolute Gasteiger partial charge is 0.120 e. The molecule has 0 fully saturated rings. The van der Waals surface area contributed by atoms with Crippen LogP contribution in [-0.4, -0.2) is 6.29 Å². The van der Waals surface area contributed by atoms with Crippen molar-refractivity contribution in [1.29, 1.82) is 5.26 Å². The molecular formula is C11H11NO. The van der Waals surface area contributed by atoms with E-state index in [1.54, 1.807) is 0 Å². The largest absolute Gasteiger partial charge is 0.303 e. The van der Waals surface area contributed by atoms with Gasteiger partial charge in [-0.1, -0.05) is 12.1 Å². The quantitative estimate of drug-likeness (QED) is 0.656. The highest BCUT2D eigenvalue weighted by molar-refractivity contribution is 5.51. The molecule has 2 heteroatoms. The molecular weight excluding hydrogens is 162 g/mol. The van der Waals surface area contributed by atoms with E-state index < -0.39 is 0 Å². The Labute approximate surface area is 77.8 Å². The van der Waals surface area contributed by atoms with Gasteiger partial charge in [-0.2, -0.15) is 5.26 Å². The van der Waals surface area contributed by atoms with Gasteiger partial charge in [-0.25, -0.2) is 0 Å². The second-order valence-corrected chi connectivity index (χ2v) is 2.98. The van der Waals surface area contributed by atoms with Gasteiger partial charge in [0.15, 0.2) is 0 Å². The van der Waals surface area contributed by atoms with Crippen LogP contribution in [-0.2, 0) is 11.2 Å². The fourth-order valence-electron chi connectivity index (χ4n) is 1.23. The van der Waals surface area contributed by atoms with Gasteiger partial charge in [0.05, 0.1) is 11.6 Å². The normalized spacial score (nSPS) is 9.23. The number of hydrogen-bond donors (Lipinski definition) is 0. The van der Waals surface area contributed by atoms with Crippen LogP contribution in [0.5, 0.6) is 0 Å². The standard InChI is InChI=1S/C11H11NO/c1-9-4-5-10(3-2-6-13)11(7-9)8-12/h4-7H,2-3H2,1H3. The molecule has 2 nitrogen and oxygen atoms in total. The molecule has 0 radical (unpaired) electrons. The maximum atomic E-state index is 10.2. The molecule has 0 aromatic heterocycles. The van der Waals surface area contributed by atoms with Crippen molar-refractivity contribution >= 4 is 6.29 Å². The van der Waals surface area contributed by atoms with Gasteiger partial charge < -0.3 is 4.79 Å². The molecule has 0 heterocycles. The third-order valence-electron chi connectivity index (χ3n) is 1.92. The predicted octanol–water partition coefficient (Wildman–Crippen LogP) is 2.00. The van der Waals surface area contributed by atoms with Crippen LogP contribution in [0.2, 0.25) is 0 Å². The summed E-state index contributed by atoms with van der Waals surface area (Å²) in [5, 5.41) is 8.80. The molecule has 0 aliphatic rings. The zero-order valence-electron chi connectivity index (χ0n) is 7.58. The van der Waals surface area contributed by atoms with E-state index in [2.05, 4.69) is 6.07 Å². The Hall–Kier alpha value is -1.62. The first-order valence-electron chi connectivity index (χ1n) is 4.21. The molecule has 0 unspecified atom stereocenters. The van der Waals surface area contributed by atoms with Crippen LogP contribution in [0.1, 0.15) is 23.1 Å². The number of aldehydes is 1. The van der Waals surface area contributed by atoms with Crippen LogP contribution in [0.4, 0.5) is 0 Å². The fraction of sp³-hybridized carbons (Fsp3) is 0.273. The van der Waals surface area contributed by atoms with Crippen molar-refractivity contribution in [1.82, 2.24) is 0 Å². The molecule has 0 atom stereocenters. The summed E-state index contributed by atoms with van der Waals surface area (Å²) in [7, 11) is 0. The number of aryl methyl sites for hydroxylation is 2. The monoisotopic (exact) mass is 173 g/mol. The van der Waals surface area contributed by atoms with Crippen LogP contribution < -0.4 is 0 Å². The number of carbonyl (C=O) groups excluding carboxylic acids is 1. The summed E-state index contributed by atoms with van der Waals surface area (Å²) in [5.74, 6) is 0. The summed E-state index contributed by atoms with van der Waals surface area (Å²) in [4.78, 5) is 10.2. The molecule has 0 bridgehead atoms. The Morgan fingerprint density at radius 3 is 2.92 bits per heavy atom. The summed E-state index contributed by atoms with van der Waals surface area (Å²) in [6.45, 7) is 1.95. The van der Waals surface area contributed by atoms with Crippen molar-refractivity contribution in [3.63, 3.8) is 0 Å². The molecule has 0 N–H and O–H groups in total. The van der Waals surface area contributed by atoms with E-state index in [1.807, 2.05) is 25.1 Å². The third kappa shape index (κ3) is 2.41. The van der Waals surface area contributed by atoms with Gasteiger partial charge in [0, 0.05) is 6.42 Å². The van der Waals surface area contributed by atoms with Crippen molar-refractivity contribution in [2.45, 2.75) is 19.8 Å². The number of benzene rings is 1. The van der Waals surface area contributed by atoms with Gasteiger partial charge in [0.2, 0.25) is 0 Å². The minimum Gasteiger partial charge on any atom is -0.303 e. The Bertz CT molecular complexity index is 350. The lowest BCUT2D eigenvalue weighted by atomic mass is 10.0. The van der Waals surface area contributed by atoms with Gasteiger partial charge in [0.25, 0.3) is 0 Å².